The number of carbonyl (C=O) groups excluding carboxylic acids is 1. The molecule has 2 aromatic carbocycles. The molecule has 31 heavy (non-hydrogen) atoms. The van der Waals surface area contributed by atoms with E-state index in [0.29, 0.717) is 25.0 Å². The Kier molecular flexibility index (Phi) is 7.51. The summed E-state index contributed by atoms with van der Waals surface area (Å²) in [5.41, 5.74) is 2.47. The van der Waals surface area contributed by atoms with E-state index in [4.69, 9.17) is 9.47 Å². The van der Waals surface area contributed by atoms with E-state index in [0.717, 1.165) is 43.9 Å². The maximum atomic E-state index is 12.2. The molecule has 2 aliphatic heterocycles. The van der Waals surface area contributed by atoms with Gasteiger partial charge in [-0.2, -0.15) is 0 Å². The zero-order valence-corrected chi connectivity index (χ0v) is 19.7. The van der Waals surface area contributed by atoms with E-state index in [2.05, 4.69) is 45.1 Å². The van der Waals surface area contributed by atoms with Crippen LogP contribution in [0.5, 0.6) is 5.75 Å². The number of carbonyl (C=O) groups is 1. The van der Waals surface area contributed by atoms with Crippen LogP contribution in [-0.4, -0.2) is 55.8 Å². The molecule has 0 radical (unpaired) electrons. The molecule has 0 saturated carbocycles. The monoisotopic (exact) mass is 486 g/mol. The normalized spacial score (nSPS) is 20.5. The maximum absolute atomic E-state index is 12.2. The number of ether oxygens (including phenoxy) is 2. The summed E-state index contributed by atoms with van der Waals surface area (Å²) in [6.07, 6.45) is 3.29. The number of amides is 1. The van der Waals surface area contributed by atoms with Crippen LogP contribution in [0.25, 0.3) is 0 Å². The zero-order valence-electron chi connectivity index (χ0n) is 18.1. The van der Waals surface area contributed by atoms with Crippen LogP contribution in [0.2, 0.25) is 0 Å². The molecule has 6 heteroatoms. The lowest BCUT2D eigenvalue weighted by molar-refractivity contribution is 0.0242. The van der Waals surface area contributed by atoms with Crippen LogP contribution in [0.15, 0.2) is 53.0 Å². The molecule has 166 valence electrons. The minimum Gasteiger partial charge on any atom is -0.497 e. The molecule has 5 nitrogen and oxygen atoms in total. The average Bonchev–Trinajstić information content (AvgIpc) is 2.79. The minimum atomic E-state index is -0.192. The minimum absolute atomic E-state index is 0.192. The van der Waals surface area contributed by atoms with E-state index < -0.39 is 0 Å². The Morgan fingerprint density at radius 3 is 2.61 bits per heavy atom. The molecule has 2 heterocycles. The first kappa shape index (κ1) is 22.2. The summed E-state index contributed by atoms with van der Waals surface area (Å²) in [5, 5.41) is 0. The first-order chi connectivity index (χ1) is 15.1. The van der Waals surface area contributed by atoms with Gasteiger partial charge < -0.3 is 19.3 Å². The predicted molar refractivity (Wildman–Crippen MR) is 125 cm³/mol. The van der Waals surface area contributed by atoms with Crippen LogP contribution in [0.4, 0.5) is 4.79 Å². The number of halogens is 1. The van der Waals surface area contributed by atoms with E-state index in [9.17, 15) is 4.79 Å². The Morgan fingerprint density at radius 2 is 1.87 bits per heavy atom. The van der Waals surface area contributed by atoms with Gasteiger partial charge in [-0.3, -0.25) is 0 Å². The van der Waals surface area contributed by atoms with Crippen LogP contribution in [-0.2, 0) is 17.7 Å². The number of likely N-dealkylation sites (tertiary alicyclic amines) is 1. The highest BCUT2D eigenvalue weighted by molar-refractivity contribution is 9.10. The van der Waals surface area contributed by atoms with Crippen molar-refractivity contribution in [1.82, 2.24) is 9.80 Å². The molecule has 2 aliphatic rings. The van der Waals surface area contributed by atoms with Crippen LogP contribution >= 0.6 is 15.9 Å². The van der Waals surface area contributed by atoms with Gasteiger partial charge in [-0.25, -0.2) is 4.79 Å². The van der Waals surface area contributed by atoms with Crippen molar-refractivity contribution in [2.45, 2.75) is 25.8 Å². The third-order valence-electron chi connectivity index (χ3n) is 6.38. The number of piperidine rings is 1. The van der Waals surface area contributed by atoms with Gasteiger partial charge in [-0.1, -0.05) is 46.3 Å². The summed E-state index contributed by atoms with van der Waals surface area (Å²) in [6.45, 7) is 5.12. The lowest BCUT2D eigenvalue weighted by Crippen LogP contribution is -2.47. The van der Waals surface area contributed by atoms with Crippen molar-refractivity contribution in [2.24, 2.45) is 11.8 Å². The van der Waals surface area contributed by atoms with E-state index in [1.165, 1.54) is 22.9 Å². The van der Waals surface area contributed by atoms with Gasteiger partial charge >= 0.3 is 6.09 Å². The van der Waals surface area contributed by atoms with Gasteiger partial charge in [0.05, 0.1) is 13.7 Å². The molecule has 0 N–H and O–H groups in total. The van der Waals surface area contributed by atoms with Crippen LogP contribution < -0.4 is 4.74 Å². The molecule has 2 saturated heterocycles. The fraction of sp³-hybridized carbons (Fsp3) is 0.480. The van der Waals surface area contributed by atoms with Crippen molar-refractivity contribution in [3.8, 4) is 5.75 Å². The van der Waals surface area contributed by atoms with Crippen molar-refractivity contribution in [3.05, 3.63) is 64.1 Å². The van der Waals surface area contributed by atoms with Crippen molar-refractivity contribution in [2.75, 3.05) is 39.9 Å². The highest BCUT2D eigenvalue weighted by Crippen LogP contribution is 2.29. The number of hydrogen-bond donors (Lipinski definition) is 0. The SMILES string of the molecule is COc1ccc(Br)c(CC2CCN(CC3COC(=O)N(Cc4ccccc4)C3)CC2)c1. The second-order valence-corrected chi connectivity index (χ2v) is 9.57. The van der Waals surface area contributed by atoms with Crippen LogP contribution in [0.1, 0.15) is 24.0 Å². The van der Waals surface area contributed by atoms with Crippen molar-refractivity contribution >= 4 is 22.0 Å². The van der Waals surface area contributed by atoms with Gasteiger partial charge in [0.15, 0.2) is 0 Å². The van der Waals surface area contributed by atoms with E-state index >= 15 is 0 Å². The third-order valence-corrected chi connectivity index (χ3v) is 7.15. The zero-order chi connectivity index (χ0) is 21.6. The fourth-order valence-electron chi connectivity index (χ4n) is 4.65. The second-order valence-electron chi connectivity index (χ2n) is 8.71. The summed E-state index contributed by atoms with van der Waals surface area (Å²) in [5.74, 6) is 1.98. The van der Waals surface area contributed by atoms with E-state index in [1.54, 1.807) is 7.11 Å². The molecule has 0 aromatic heterocycles. The number of methoxy groups -OCH3 is 1. The Bertz CT molecular complexity index is 868. The van der Waals surface area contributed by atoms with Gasteiger partial charge in [0.2, 0.25) is 0 Å². The third kappa shape index (κ3) is 6.01. The standard InChI is InChI=1S/C25H31BrN2O3/c1-30-23-7-8-24(26)22(14-23)13-19-9-11-27(12-10-19)15-21-17-28(25(29)31-18-21)16-20-5-3-2-4-6-20/h2-8,14,19,21H,9-13,15-18H2,1H3. The van der Waals surface area contributed by atoms with Crippen molar-refractivity contribution < 1.29 is 14.3 Å². The second kappa shape index (κ2) is 10.5. The molecular weight excluding hydrogens is 456 g/mol. The van der Waals surface area contributed by atoms with Crippen LogP contribution in [0, 0.1) is 11.8 Å². The molecule has 4 rings (SSSR count). The van der Waals surface area contributed by atoms with Gasteiger partial charge in [-0.05, 0) is 67.6 Å². The first-order valence-electron chi connectivity index (χ1n) is 11.1. The summed E-state index contributed by atoms with van der Waals surface area (Å²) < 4.78 is 12.0. The molecule has 0 spiro atoms. The van der Waals surface area contributed by atoms with Gasteiger partial charge in [0.25, 0.3) is 0 Å². The Morgan fingerprint density at radius 1 is 1.10 bits per heavy atom. The lowest BCUT2D eigenvalue weighted by atomic mass is 9.89. The molecule has 2 aromatic rings. The van der Waals surface area contributed by atoms with Gasteiger partial charge in [0.1, 0.15) is 5.75 Å². The quantitative estimate of drug-likeness (QED) is 0.553. The number of hydrogen-bond acceptors (Lipinski definition) is 4. The smallest absolute Gasteiger partial charge is 0.410 e. The number of rotatable bonds is 7. The highest BCUT2D eigenvalue weighted by Gasteiger charge is 2.30. The summed E-state index contributed by atoms with van der Waals surface area (Å²) >= 11 is 3.69. The predicted octanol–water partition coefficient (Wildman–Crippen LogP) is 4.98. The molecule has 2 fully saturated rings. The number of benzene rings is 2. The van der Waals surface area contributed by atoms with Gasteiger partial charge in [-0.15, -0.1) is 0 Å². The molecule has 0 aliphatic carbocycles. The molecule has 1 amide bonds. The average molecular weight is 487 g/mol. The van der Waals surface area contributed by atoms with E-state index in [1.807, 2.05) is 29.2 Å². The molecule has 1 atom stereocenters. The molecule has 1 unspecified atom stereocenters. The summed E-state index contributed by atoms with van der Waals surface area (Å²) in [7, 11) is 1.72. The summed E-state index contributed by atoms with van der Waals surface area (Å²) in [4.78, 5) is 16.6. The molecule has 0 bridgehead atoms. The summed E-state index contributed by atoms with van der Waals surface area (Å²) in [6, 6.07) is 16.4. The highest BCUT2D eigenvalue weighted by atomic mass is 79.9. The largest absolute Gasteiger partial charge is 0.497 e. The maximum Gasteiger partial charge on any atom is 0.410 e. The van der Waals surface area contributed by atoms with Crippen molar-refractivity contribution in [1.29, 1.82) is 0 Å². The Hall–Kier alpha value is -2.05. The number of cyclic esters (lactones) is 1. The van der Waals surface area contributed by atoms with Gasteiger partial charge in [0, 0.05) is 30.0 Å². The first-order valence-corrected chi connectivity index (χ1v) is 11.9. The van der Waals surface area contributed by atoms with Crippen molar-refractivity contribution in [3.63, 3.8) is 0 Å². The Balaban J connectivity index is 1.25. The fourth-order valence-corrected chi connectivity index (χ4v) is 5.05. The van der Waals surface area contributed by atoms with E-state index in [-0.39, 0.29) is 6.09 Å². The van der Waals surface area contributed by atoms with Crippen LogP contribution in [0.3, 0.4) is 0 Å². The Labute approximate surface area is 193 Å². The topological polar surface area (TPSA) is 42.0 Å². The number of nitrogens with zero attached hydrogens (tertiary/aromatic N) is 2. The molecular formula is C25H31BrN2O3. The lowest BCUT2D eigenvalue weighted by Gasteiger charge is -2.38.